The summed E-state index contributed by atoms with van der Waals surface area (Å²) in [5.74, 6) is -1.05. The number of benzene rings is 2. The summed E-state index contributed by atoms with van der Waals surface area (Å²) in [5.41, 5.74) is 0.885. The summed E-state index contributed by atoms with van der Waals surface area (Å²) in [6.45, 7) is 5.21. The smallest absolute Gasteiger partial charge is 0.338 e. The number of thioether (sulfide) groups is 1. The topological polar surface area (TPSA) is 124 Å². The Hall–Kier alpha value is -3.22. The van der Waals surface area contributed by atoms with Crippen molar-refractivity contribution in [3.05, 3.63) is 93.1 Å². The van der Waals surface area contributed by atoms with Crippen molar-refractivity contribution in [3.63, 3.8) is 0 Å². The van der Waals surface area contributed by atoms with Gasteiger partial charge in [0.05, 0.1) is 37.3 Å². The highest BCUT2D eigenvalue weighted by Crippen LogP contribution is 2.35. The van der Waals surface area contributed by atoms with Gasteiger partial charge in [0.15, 0.2) is 4.80 Å². The van der Waals surface area contributed by atoms with Gasteiger partial charge in [0.2, 0.25) is 5.75 Å². The summed E-state index contributed by atoms with van der Waals surface area (Å²) in [4.78, 5) is 43.5. The van der Waals surface area contributed by atoms with Crippen LogP contribution < -0.4 is 14.9 Å². The maximum absolute atomic E-state index is 13.7. The number of fused-ring (bicyclic) bond motifs is 1. The maximum Gasteiger partial charge on any atom is 0.338 e. The monoisotopic (exact) mass is 603 g/mol. The number of carbonyl (C=O) groups is 1. The molecule has 0 saturated heterocycles. The van der Waals surface area contributed by atoms with E-state index in [1.165, 1.54) is 22.8 Å². The molecule has 0 fully saturated rings. The van der Waals surface area contributed by atoms with Crippen LogP contribution in [0.2, 0.25) is 0 Å². The Kier molecular flexibility index (Phi) is 7.72. The van der Waals surface area contributed by atoms with E-state index in [1.54, 1.807) is 32.5 Å². The third-order valence-corrected chi connectivity index (χ3v) is 7.91. The molecule has 2 aromatic carbocycles. The highest BCUT2D eigenvalue weighted by atomic mass is 79.9. The van der Waals surface area contributed by atoms with Crippen LogP contribution in [0.1, 0.15) is 37.9 Å². The average molecular weight is 605 g/mol. The zero-order valence-electron chi connectivity index (χ0n) is 20.2. The van der Waals surface area contributed by atoms with E-state index in [2.05, 4.69) is 20.9 Å². The van der Waals surface area contributed by atoms with E-state index in [-0.39, 0.29) is 20.7 Å². The molecule has 0 radical (unpaired) electrons. The van der Waals surface area contributed by atoms with Crippen LogP contribution >= 0.6 is 39.0 Å². The highest BCUT2D eigenvalue weighted by Gasteiger charge is 2.33. The van der Waals surface area contributed by atoms with E-state index >= 15 is 0 Å². The van der Waals surface area contributed by atoms with Gasteiger partial charge in [0, 0.05) is 11.0 Å². The van der Waals surface area contributed by atoms with Gasteiger partial charge in [-0.1, -0.05) is 23.5 Å². The Bertz CT molecular complexity index is 1620. The maximum atomic E-state index is 13.7. The number of nitro benzene ring substituents is 1. The lowest BCUT2D eigenvalue weighted by atomic mass is 9.96. The van der Waals surface area contributed by atoms with Crippen molar-refractivity contribution in [2.75, 3.05) is 6.26 Å². The highest BCUT2D eigenvalue weighted by molar-refractivity contribution is 9.10. The first-order valence-corrected chi connectivity index (χ1v) is 13.9. The molecule has 1 aliphatic heterocycles. The number of aromatic hydroxyl groups is 1. The molecular formula is C25H22BrN3O6S2. The molecule has 2 heterocycles. The molecule has 3 aromatic rings. The summed E-state index contributed by atoms with van der Waals surface area (Å²) < 4.78 is 7.35. The molecule has 0 bridgehead atoms. The lowest BCUT2D eigenvalue weighted by Gasteiger charge is -2.25. The minimum Gasteiger partial charge on any atom is -0.501 e. The standard InChI is InChI=1S/C25H22BrN3O6S2/c1-12(2)35-24(32)20-13(3)27-25-28(21(20)15-5-7-16(36-4)8-6-15)23(31)19(37-25)11-14-9-17(26)22(30)18(10-14)29(33)34/h5-12,21,30H,1-4H3/b19-11-/t21-/m0/s1. The number of aromatic nitrogens is 1. The van der Waals surface area contributed by atoms with Crippen molar-refractivity contribution >= 4 is 56.8 Å². The average Bonchev–Trinajstić information content (AvgIpc) is 3.14. The van der Waals surface area contributed by atoms with E-state index < -0.39 is 33.9 Å². The molecule has 12 heteroatoms. The van der Waals surface area contributed by atoms with E-state index in [1.807, 2.05) is 30.5 Å². The number of hydrogen-bond donors (Lipinski definition) is 1. The quantitative estimate of drug-likeness (QED) is 0.193. The van der Waals surface area contributed by atoms with Crippen LogP contribution in [0.3, 0.4) is 0 Å². The lowest BCUT2D eigenvalue weighted by molar-refractivity contribution is -0.386. The minimum atomic E-state index is -0.763. The molecule has 37 heavy (non-hydrogen) atoms. The third-order valence-electron chi connectivity index (χ3n) is 5.58. The second kappa shape index (κ2) is 10.6. The number of nitro groups is 1. The molecule has 9 nitrogen and oxygen atoms in total. The van der Waals surface area contributed by atoms with Gasteiger partial charge in [0.25, 0.3) is 5.56 Å². The van der Waals surface area contributed by atoms with Crippen LogP contribution in [0.5, 0.6) is 5.75 Å². The summed E-state index contributed by atoms with van der Waals surface area (Å²) >= 11 is 5.81. The number of halogens is 1. The first-order chi connectivity index (χ1) is 17.5. The van der Waals surface area contributed by atoms with Gasteiger partial charge in [-0.25, -0.2) is 9.79 Å². The molecule has 0 spiro atoms. The van der Waals surface area contributed by atoms with Crippen LogP contribution in [0.4, 0.5) is 5.69 Å². The Balaban J connectivity index is 1.95. The zero-order valence-corrected chi connectivity index (χ0v) is 23.4. The van der Waals surface area contributed by atoms with E-state index in [0.29, 0.717) is 16.1 Å². The lowest BCUT2D eigenvalue weighted by Crippen LogP contribution is -2.40. The third kappa shape index (κ3) is 5.27. The predicted octanol–water partition coefficient (Wildman–Crippen LogP) is 4.29. The number of hydrogen-bond acceptors (Lipinski definition) is 9. The van der Waals surface area contributed by atoms with Crippen LogP contribution in [-0.2, 0) is 9.53 Å². The Labute approximate surface area is 228 Å². The number of carbonyl (C=O) groups excluding carboxylic acids is 1. The molecule has 1 aromatic heterocycles. The molecule has 4 rings (SSSR count). The SMILES string of the molecule is CSc1ccc([C@H]2C(C(=O)OC(C)C)=C(C)N=c3s/c(=C\c4cc(Br)c(O)c([N+](=O)[O-])c4)c(=O)n32)cc1. The van der Waals surface area contributed by atoms with Gasteiger partial charge in [-0.05, 0) is 78.4 Å². The summed E-state index contributed by atoms with van der Waals surface area (Å²) in [7, 11) is 0. The number of allylic oxidation sites excluding steroid dienone is 1. The van der Waals surface area contributed by atoms with Crippen molar-refractivity contribution in [2.24, 2.45) is 4.99 Å². The normalized spacial score (nSPS) is 15.5. The van der Waals surface area contributed by atoms with Crippen LogP contribution in [0.25, 0.3) is 6.08 Å². The number of esters is 1. The molecule has 0 saturated carbocycles. The first-order valence-electron chi connectivity index (χ1n) is 11.1. The van der Waals surface area contributed by atoms with Crippen molar-refractivity contribution in [1.82, 2.24) is 4.57 Å². The largest absolute Gasteiger partial charge is 0.501 e. The van der Waals surface area contributed by atoms with Crippen molar-refractivity contribution < 1.29 is 19.6 Å². The van der Waals surface area contributed by atoms with E-state index in [9.17, 15) is 24.8 Å². The van der Waals surface area contributed by atoms with E-state index in [0.717, 1.165) is 21.8 Å². The van der Waals surface area contributed by atoms with Crippen LogP contribution in [0.15, 0.2) is 66.8 Å². The molecule has 1 atom stereocenters. The fourth-order valence-corrected chi connectivity index (χ4v) is 5.86. The van der Waals surface area contributed by atoms with Crippen LogP contribution in [0, 0.1) is 10.1 Å². The number of rotatable bonds is 6. The number of phenols is 1. The predicted molar refractivity (Wildman–Crippen MR) is 146 cm³/mol. The molecule has 1 N–H and O–H groups in total. The summed E-state index contributed by atoms with van der Waals surface area (Å²) in [6, 6.07) is 9.49. The minimum absolute atomic E-state index is 0.127. The van der Waals surface area contributed by atoms with Crippen LogP contribution in [-0.4, -0.2) is 32.9 Å². The van der Waals surface area contributed by atoms with Crippen molar-refractivity contribution in [1.29, 1.82) is 0 Å². The van der Waals surface area contributed by atoms with Gasteiger partial charge in [-0.3, -0.25) is 19.5 Å². The number of nitrogens with zero attached hydrogens (tertiary/aromatic N) is 3. The van der Waals surface area contributed by atoms with Crippen molar-refractivity contribution in [2.45, 2.75) is 37.8 Å². The Morgan fingerprint density at radius 2 is 2.00 bits per heavy atom. The second-order valence-electron chi connectivity index (χ2n) is 8.44. The van der Waals surface area contributed by atoms with Gasteiger partial charge >= 0.3 is 11.7 Å². The molecule has 0 aliphatic carbocycles. The number of ether oxygens (including phenoxy) is 1. The number of phenolic OH excluding ortho intramolecular Hbond substituents is 1. The summed E-state index contributed by atoms with van der Waals surface area (Å²) in [5, 5.41) is 21.3. The second-order valence-corrected chi connectivity index (χ2v) is 11.2. The van der Waals surface area contributed by atoms with Gasteiger partial charge < -0.3 is 9.84 Å². The fraction of sp³-hybridized carbons (Fsp3) is 0.240. The summed E-state index contributed by atoms with van der Waals surface area (Å²) in [6.07, 6.45) is 3.10. The molecule has 192 valence electrons. The Morgan fingerprint density at radius 3 is 2.59 bits per heavy atom. The number of thiazole rings is 1. The molecule has 0 unspecified atom stereocenters. The fourth-order valence-electron chi connectivity index (χ4n) is 3.94. The first kappa shape index (κ1) is 26.8. The Morgan fingerprint density at radius 1 is 1.32 bits per heavy atom. The van der Waals surface area contributed by atoms with Crippen molar-refractivity contribution in [3.8, 4) is 5.75 Å². The molecular weight excluding hydrogens is 582 g/mol. The van der Waals surface area contributed by atoms with Gasteiger partial charge in [-0.15, -0.1) is 11.8 Å². The van der Waals surface area contributed by atoms with E-state index in [4.69, 9.17) is 4.74 Å². The zero-order chi connectivity index (χ0) is 27.0. The molecule has 0 amide bonds. The molecule has 1 aliphatic rings. The van der Waals surface area contributed by atoms with Gasteiger partial charge in [-0.2, -0.15) is 0 Å². The van der Waals surface area contributed by atoms with Gasteiger partial charge in [0.1, 0.15) is 0 Å².